The van der Waals surface area contributed by atoms with E-state index in [4.69, 9.17) is 9.72 Å². The number of hydrogen-bond donors (Lipinski definition) is 0. The molecule has 2 aromatic heterocycles. The molecule has 0 spiro atoms. The number of ether oxygens (including phenoxy) is 1. The molecule has 1 aliphatic heterocycles. The fraction of sp³-hybridized carbons (Fsp3) is 0.444. The summed E-state index contributed by atoms with van der Waals surface area (Å²) < 4.78 is 9.21. The quantitative estimate of drug-likeness (QED) is 0.727. The van der Waals surface area contributed by atoms with Crippen LogP contribution in [0.25, 0.3) is 10.3 Å². The van der Waals surface area contributed by atoms with Crippen LogP contribution in [-0.4, -0.2) is 34.0 Å². The summed E-state index contributed by atoms with van der Waals surface area (Å²) in [5.74, 6) is 0. The molecule has 0 unspecified atom stereocenters. The Morgan fingerprint density at radius 1 is 1.29 bits per heavy atom. The van der Waals surface area contributed by atoms with Gasteiger partial charge in [0, 0.05) is 20.1 Å². The summed E-state index contributed by atoms with van der Waals surface area (Å²) in [6.07, 6.45) is 2.53. The maximum absolute atomic E-state index is 6.14. The van der Waals surface area contributed by atoms with E-state index in [1.54, 1.807) is 11.3 Å². The van der Waals surface area contributed by atoms with Crippen LogP contribution in [0.4, 0.5) is 5.13 Å². The number of rotatable bonds is 4. The van der Waals surface area contributed by atoms with Gasteiger partial charge >= 0.3 is 0 Å². The van der Waals surface area contributed by atoms with Crippen molar-refractivity contribution in [3.63, 3.8) is 0 Å². The highest BCUT2D eigenvalue weighted by molar-refractivity contribution is 7.22. The highest BCUT2D eigenvalue weighted by Gasteiger charge is 2.24. The van der Waals surface area contributed by atoms with Crippen molar-refractivity contribution >= 4 is 26.8 Å². The molecular weight excluding hydrogens is 320 g/mol. The Morgan fingerprint density at radius 2 is 2.12 bits per heavy atom. The van der Waals surface area contributed by atoms with Crippen molar-refractivity contribution in [1.82, 2.24) is 14.8 Å². The second kappa shape index (κ2) is 6.53. The highest BCUT2D eigenvalue weighted by Crippen LogP contribution is 2.32. The second-order valence-corrected chi connectivity index (χ2v) is 7.34. The number of anilines is 1. The van der Waals surface area contributed by atoms with Gasteiger partial charge in [-0.1, -0.05) is 41.7 Å². The zero-order valence-corrected chi connectivity index (χ0v) is 14.9. The van der Waals surface area contributed by atoms with E-state index in [-0.39, 0.29) is 6.10 Å². The molecule has 0 bridgehead atoms. The smallest absolute Gasteiger partial charge is 0.188 e. The summed E-state index contributed by atoms with van der Waals surface area (Å²) in [7, 11) is 1.96. The minimum Gasteiger partial charge on any atom is -0.372 e. The Kier molecular flexibility index (Phi) is 4.24. The second-order valence-electron chi connectivity index (χ2n) is 6.37. The molecule has 1 saturated heterocycles. The van der Waals surface area contributed by atoms with E-state index < -0.39 is 0 Å². The molecule has 24 heavy (non-hydrogen) atoms. The van der Waals surface area contributed by atoms with Crippen molar-refractivity contribution in [1.29, 1.82) is 0 Å². The largest absolute Gasteiger partial charge is 0.372 e. The van der Waals surface area contributed by atoms with Gasteiger partial charge in [0.15, 0.2) is 10.8 Å². The number of aryl methyl sites for hydroxylation is 2. The molecule has 6 heteroatoms. The zero-order valence-electron chi connectivity index (χ0n) is 14.1. The van der Waals surface area contributed by atoms with E-state index in [0.29, 0.717) is 6.61 Å². The van der Waals surface area contributed by atoms with Crippen molar-refractivity contribution in [2.24, 2.45) is 7.05 Å². The standard InChI is InChI=1S/C18H22N4OS/c1-13-16-17(21(2)20-13)19-18(24-16)22-10-6-9-15(11-22)23-12-14-7-4-3-5-8-14/h3-5,7-8,15H,6,9-12H2,1-2H3/t15-/m1/s1. The molecule has 0 aliphatic carbocycles. The van der Waals surface area contributed by atoms with Gasteiger partial charge in [-0.05, 0) is 25.3 Å². The first-order chi connectivity index (χ1) is 11.7. The first kappa shape index (κ1) is 15.6. The third-order valence-corrected chi connectivity index (χ3v) is 5.72. The predicted octanol–water partition coefficient (Wildman–Crippen LogP) is 3.52. The lowest BCUT2D eigenvalue weighted by atomic mass is 10.1. The predicted molar refractivity (Wildman–Crippen MR) is 97.6 cm³/mol. The molecule has 0 radical (unpaired) electrons. The van der Waals surface area contributed by atoms with Gasteiger partial charge in [-0.3, -0.25) is 0 Å². The molecular formula is C18H22N4OS. The van der Waals surface area contributed by atoms with E-state index in [9.17, 15) is 0 Å². The van der Waals surface area contributed by atoms with Crippen LogP contribution >= 0.6 is 11.3 Å². The summed E-state index contributed by atoms with van der Waals surface area (Å²) in [4.78, 5) is 7.16. The molecule has 0 saturated carbocycles. The molecule has 126 valence electrons. The van der Waals surface area contributed by atoms with Gasteiger partial charge < -0.3 is 9.64 Å². The lowest BCUT2D eigenvalue weighted by Crippen LogP contribution is -2.39. The van der Waals surface area contributed by atoms with Crippen LogP contribution < -0.4 is 4.90 Å². The van der Waals surface area contributed by atoms with Crippen molar-refractivity contribution in [2.75, 3.05) is 18.0 Å². The number of hydrogen-bond acceptors (Lipinski definition) is 5. The zero-order chi connectivity index (χ0) is 16.5. The van der Waals surface area contributed by atoms with Crippen LogP contribution in [0.3, 0.4) is 0 Å². The van der Waals surface area contributed by atoms with Crippen LogP contribution in [0.15, 0.2) is 30.3 Å². The summed E-state index contributed by atoms with van der Waals surface area (Å²) >= 11 is 1.74. The van der Waals surface area contributed by atoms with Gasteiger partial charge in [-0.2, -0.15) is 5.10 Å². The normalized spacial score (nSPS) is 18.4. The first-order valence-electron chi connectivity index (χ1n) is 8.41. The maximum Gasteiger partial charge on any atom is 0.188 e. The topological polar surface area (TPSA) is 43.2 Å². The summed E-state index contributed by atoms with van der Waals surface area (Å²) in [6, 6.07) is 10.4. The summed E-state index contributed by atoms with van der Waals surface area (Å²) in [5.41, 5.74) is 3.28. The molecule has 3 heterocycles. The van der Waals surface area contributed by atoms with E-state index >= 15 is 0 Å². The van der Waals surface area contributed by atoms with Gasteiger partial charge in [-0.25, -0.2) is 9.67 Å². The first-order valence-corrected chi connectivity index (χ1v) is 9.23. The van der Waals surface area contributed by atoms with Crippen LogP contribution in [0.5, 0.6) is 0 Å². The van der Waals surface area contributed by atoms with E-state index in [1.807, 2.05) is 24.7 Å². The van der Waals surface area contributed by atoms with E-state index in [2.05, 4.69) is 34.3 Å². The van der Waals surface area contributed by atoms with Gasteiger partial charge in [0.2, 0.25) is 0 Å². The minimum absolute atomic E-state index is 0.269. The van der Waals surface area contributed by atoms with Crippen LogP contribution in [0.2, 0.25) is 0 Å². The minimum atomic E-state index is 0.269. The van der Waals surface area contributed by atoms with Gasteiger partial charge in [-0.15, -0.1) is 0 Å². The number of nitrogens with zero attached hydrogens (tertiary/aromatic N) is 4. The average Bonchev–Trinajstić information content (AvgIpc) is 3.16. The highest BCUT2D eigenvalue weighted by atomic mass is 32.1. The number of thiazole rings is 1. The Morgan fingerprint density at radius 3 is 2.92 bits per heavy atom. The molecule has 1 aromatic carbocycles. The SMILES string of the molecule is Cc1nn(C)c2nc(N3CCC[C@@H](OCc4ccccc4)C3)sc12. The molecule has 5 nitrogen and oxygen atoms in total. The molecule has 0 N–H and O–H groups in total. The Hall–Kier alpha value is -1.92. The number of fused-ring (bicyclic) bond motifs is 1. The monoisotopic (exact) mass is 342 g/mol. The number of benzene rings is 1. The van der Waals surface area contributed by atoms with E-state index in [0.717, 1.165) is 42.4 Å². The lowest BCUT2D eigenvalue weighted by molar-refractivity contribution is 0.0316. The molecule has 1 fully saturated rings. The summed E-state index contributed by atoms with van der Waals surface area (Å²) in [6.45, 7) is 4.70. The fourth-order valence-electron chi connectivity index (χ4n) is 3.25. The lowest BCUT2D eigenvalue weighted by Gasteiger charge is -2.32. The Labute approximate surface area is 145 Å². The van der Waals surface area contributed by atoms with Crippen molar-refractivity contribution in [2.45, 2.75) is 32.5 Å². The third kappa shape index (κ3) is 3.03. The molecule has 1 aliphatic rings. The molecule has 4 rings (SSSR count). The van der Waals surface area contributed by atoms with Crippen LogP contribution in [-0.2, 0) is 18.4 Å². The van der Waals surface area contributed by atoms with Gasteiger partial charge in [0.05, 0.1) is 23.1 Å². The van der Waals surface area contributed by atoms with Gasteiger partial charge in [0.1, 0.15) is 0 Å². The Bertz CT molecular complexity index is 792. The molecule has 1 atom stereocenters. The Balaban J connectivity index is 1.44. The molecule has 0 amide bonds. The molecule has 3 aromatic rings. The third-order valence-electron chi connectivity index (χ3n) is 4.51. The fourth-order valence-corrected chi connectivity index (χ4v) is 4.31. The van der Waals surface area contributed by atoms with Crippen LogP contribution in [0.1, 0.15) is 24.1 Å². The van der Waals surface area contributed by atoms with Crippen LogP contribution in [0, 0.1) is 6.92 Å². The average molecular weight is 342 g/mol. The van der Waals surface area contributed by atoms with Gasteiger partial charge in [0.25, 0.3) is 0 Å². The van der Waals surface area contributed by atoms with E-state index in [1.165, 1.54) is 10.3 Å². The summed E-state index contributed by atoms with van der Waals surface area (Å²) in [5, 5.41) is 5.53. The maximum atomic E-state index is 6.14. The van der Waals surface area contributed by atoms with Crippen molar-refractivity contribution in [3.05, 3.63) is 41.6 Å². The van der Waals surface area contributed by atoms with Crippen molar-refractivity contribution < 1.29 is 4.74 Å². The number of aromatic nitrogens is 3. The van der Waals surface area contributed by atoms with Crippen molar-refractivity contribution in [3.8, 4) is 0 Å². The number of piperidine rings is 1.